The molecule has 160 valence electrons. The molecule has 30 heavy (non-hydrogen) atoms. The van der Waals surface area contributed by atoms with Crippen molar-refractivity contribution >= 4 is 21.8 Å². The Morgan fingerprint density at radius 1 is 1.03 bits per heavy atom. The Morgan fingerprint density at radius 3 is 2.43 bits per heavy atom. The van der Waals surface area contributed by atoms with Crippen LogP contribution in [0.3, 0.4) is 0 Å². The lowest BCUT2D eigenvalue weighted by atomic mass is 10.2. The van der Waals surface area contributed by atoms with E-state index in [1.54, 1.807) is 42.5 Å². The van der Waals surface area contributed by atoms with E-state index in [2.05, 4.69) is 10.6 Å². The van der Waals surface area contributed by atoms with E-state index < -0.39 is 21.8 Å². The number of rotatable bonds is 7. The summed E-state index contributed by atoms with van der Waals surface area (Å²) in [5, 5.41) is 5.11. The third-order valence-corrected chi connectivity index (χ3v) is 6.98. The van der Waals surface area contributed by atoms with E-state index >= 15 is 0 Å². The van der Waals surface area contributed by atoms with Crippen LogP contribution in [0.25, 0.3) is 0 Å². The van der Waals surface area contributed by atoms with Gasteiger partial charge in [-0.15, -0.1) is 0 Å². The molecule has 1 heterocycles. The van der Waals surface area contributed by atoms with Crippen molar-refractivity contribution < 1.29 is 22.7 Å². The lowest BCUT2D eigenvalue weighted by molar-refractivity contribution is -0.139. The molecule has 0 unspecified atom stereocenters. The minimum absolute atomic E-state index is 0.0764. The highest BCUT2D eigenvalue weighted by Crippen LogP contribution is 2.25. The fraction of sp³-hybridized carbons (Fsp3) is 0.333. The maximum atomic E-state index is 12.9. The van der Waals surface area contributed by atoms with Crippen molar-refractivity contribution in [1.29, 1.82) is 0 Å². The van der Waals surface area contributed by atoms with Gasteiger partial charge < -0.3 is 15.4 Å². The van der Waals surface area contributed by atoms with E-state index in [9.17, 15) is 18.0 Å². The maximum absolute atomic E-state index is 12.9. The Hall–Kier alpha value is -2.91. The van der Waals surface area contributed by atoms with Gasteiger partial charge in [0, 0.05) is 31.2 Å². The van der Waals surface area contributed by atoms with Gasteiger partial charge >= 0.3 is 11.8 Å². The van der Waals surface area contributed by atoms with Gasteiger partial charge in [-0.2, -0.15) is 4.31 Å². The number of nitrogens with zero attached hydrogens (tertiary/aromatic N) is 1. The summed E-state index contributed by atoms with van der Waals surface area (Å²) in [4.78, 5) is 24.5. The van der Waals surface area contributed by atoms with Crippen molar-refractivity contribution in [1.82, 2.24) is 14.9 Å². The number of benzene rings is 2. The van der Waals surface area contributed by atoms with Crippen molar-refractivity contribution in [3.05, 3.63) is 60.2 Å². The molecule has 8 nitrogen and oxygen atoms in total. The van der Waals surface area contributed by atoms with Gasteiger partial charge in [0.1, 0.15) is 5.75 Å². The Morgan fingerprint density at radius 2 is 1.70 bits per heavy atom. The zero-order chi connectivity index (χ0) is 21.6. The van der Waals surface area contributed by atoms with Crippen LogP contribution in [0.4, 0.5) is 0 Å². The summed E-state index contributed by atoms with van der Waals surface area (Å²) < 4.78 is 32.3. The molecule has 2 amide bonds. The fourth-order valence-corrected chi connectivity index (χ4v) is 5.17. The first-order valence-electron chi connectivity index (χ1n) is 9.68. The van der Waals surface area contributed by atoms with E-state index in [1.807, 2.05) is 12.1 Å². The summed E-state index contributed by atoms with van der Waals surface area (Å²) in [7, 11) is -2.11. The molecule has 0 saturated carbocycles. The minimum atomic E-state index is -3.64. The van der Waals surface area contributed by atoms with Gasteiger partial charge in [-0.25, -0.2) is 8.42 Å². The van der Waals surface area contributed by atoms with Crippen LogP contribution in [0.1, 0.15) is 18.4 Å². The molecule has 2 aromatic carbocycles. The Balaban J connectivity index is 1.55. The molecule has 0 radical (unpaired) electrons. The van der Waals surface area contributed by atoms with Crippen LogP contribution in [-0.2, 0) is 26.2 Å². The van der Waals surface area contributed by atoms with Gasteiger partial charge in [0.05, 0.1) is 12.0 Å². The van der Waals surface area contributed by atoms with Crippen molar-refractivity contribution in [2.45, 2.75) is 30.3 Å². The quantitative estimate of drug-likeness (QED) is 0.643. The van der Waals surface area contributed by atoms with Gasteiger partial charge in [0.15, 0.2) is 0 Å². The first kappa shape index (κ1) is 21.8. The number of methoxy groups -OCH3 is 1. The highest BCUT2D eigenvalue weighted by atomic mass is 32.2. The van der Waals surface area contributed by atoms with Gasteiger partial charge in [-0.1, -0.05) is 36.4 Å². The lowest BCUT2D eigenvalue weighted by Crippen LogP contribution is -2.46. The molecule has 3 rings (SSSR count). The first-order valence-corrected chi connectivity index (χ1v) is 11.1. The molecule has 0 spiro atoms. The van der Waals surface area contributed by atoms with Crippen LogP contribution in [-0.4, -0.2) is 50.8 Å². The number of carbonyl (C=O) groups is 2. The van der Waals surface area contributed by atoms with Crippen molar-refractivity contribution in [3.8, 4) is 5.75 Å². The summed E-state index contributed by atoms with van der Waals surface area (Å²) in [6, 6.07) is 15.0. The van der Waals surface area contributed by atoms with Crippen molar-refractivity contribution in [2.24, 2.45) is 0 Å². The highest BCUT2D eigenvalue weighted by Gasteiger charge is 2.35. The Bertz CT molecular complexity index is 995. The second kappa shape index (κ2) is 9.73. The molecule has 0 bridgehead atoms. The summed E-state index contributed by atoms with van der Waals surface area (Å²) in [5.41, 5.74) is 0.747. The zero-order valence-corrected chi connectivity index (χ0v) is 17.5. The van der Waals surface area contributed by atoms with Crippen LogP contribution in [0.2, 0.25) is 0 Å². The van der Waals surface area contributed by atoms with Gasteiger partial charge in [0.2, 0.25) is 10.0 Å². The summed E-state index contributed by atoms with van der Waals surface area (Å²) in [5.74, 6) is -0.962. The smallest absolute Gasteiger partial charge is 0.309 e. The van der Waals surface area contributed by atoms with Crippen LogP contribution in [0.5, 0.6) is 5.75 Å². The number of hydrogen-bond acceptors (Lipinski definition) is 5. The predicted molar refractivity (Wildman–Crippen MR) is 111 cm³/mol. The third-order valence-electron chi connectivity index (χ3n) is 5.01. The number of nitrogens with one attached hydrogen (secondary N) is 2. The molecular weight excluding hydrogens is 406 g/mol. The van der Waals surface area contributed by atoms with E-state index in [1.165, 1.54) is 11.4 Å². The molecule has 0 aliphatic carbocycles. The Labute approximate surface area is 176 Å². The lowest BCUT2D eigenvalue weighted by Gasteiger charge is -2.24. The molecule has 1 fully saturated rings. The molecule has 1 saturated heterocycles. The SMILES string of the molecule is COc1ccccc1CNC(=O)C(=O)NC[C@@H]1CCCN1S(=O)(=O)c1ccccc1. The van der Waals surface area contributed by atoms with Gasteiger partial charge in [-0.3, -0.25) is 9.59 Å². The average molecular weight is 432 g/mol. The molecule has 2 N–H and O–H groups in total. The number of para-hydroxylation sites is 1. The van der Waals surface area contributed by atoms with E-state index in [0.29, 0.717) is 25.1 Å². The summed E-state index contributed by atoms with van der Waals surface area (Å²) >= 11 is 0. The third kappa shape index (κ3) is 4.98. The molecular formula is C21H25N3O5S. The molecule has 1 aliphatic rings. The van der Waals surface area contributed by atoms with Gasteiger partial charge in [0.25, 0.3) is 0 Å². The second-order valence-corrected chi connectivity index (χ2v) is 8.82. The second-order valence-electron chi connectivity index (χ2n) is 6.93. The largest absolute Gasteiger partial charge is 0.496 e. The average Bonchev–Trinajstić information content (AvgIpc) is 3.26. The number of amides is 2. The molecule has 2 aromatic rings. The molecule has 9 heteroatoms. The maximum Gasteiger partial charge on any atom is 0.309 e. The minimum Gasteiger partial charge on any atom is -0.496 e. The normalized spacial score (nSPS) is 16.8. The van der Waals surface area contributed by atoms with Crippen LogP contribution < -0.4 is 15.4 Å². The molecule has 1 aliphatic heterocycles. The Kier molecular flexibility index (Phi) is 7.07. The fourth-order valence-electron chi connectivity index (χ4n) is 3.45. The van der Waals surface area contributed by atoms with E-state index in [-0.39, 0.29) is 24.0 Å². The van der Waals surface area contributed by atoms with Crippen molar-refractivity contribution in [2.75, 3.05) is 20.2 Å². The predicted octanol–water partition coefficient (Wildman–Crippen LogP) is 1.28. The first-order chi connectivity index (χ1) is 14.4. The number of carbonyl (C=O) groups excluding carboxylic acids is 2. The summed E-state index contributed by atoms with van der Waals surface area (Å²) in [6.45, 7) is 0.610. The van der Waals surface area contributed by atoms with Crippen molar-refractivity contribution in [3.63, 3.8) is 0 Å². The molecule has 0 aromatic heterocycles. The monoisotopic (exact) mass is 431 g/mol. The summed E-state index contributed by atoms with van der Waals surface area (Å²) in [6.07, 6.45) is 1.32. The zero-order valence-electron chi connectivity index (χ0n) is 16.7. The number of ether oxygens (including phenoxy) is 1. The number of hydrogen-bond donors (Lipinski definition) is 2. The number of sulfonamides is 1. The standard InChI is InChI=1S/C21H25N3O5S/c1-29-19-12-6-5-8-16(19)14-22-20(25)21(26)23-15-17-9-7-13-24(17)30(27,28)18-10-3-2-4-11-18/h2-6,8,10-12,17H,7,9,13-15H2,1H3,(H,22,25)(H,23,26)/t17-/m0/s1. The highest BCUT2D eigenvalue weighted by molar-refractivity contribution is 7.89. The molecule has 1 atom stereocenters. The topological polar surface area (TPSA) is 105 Å². The van der Waals surface area contributed by atoms with Crippen LogP contribution >= 0.6 is 0 Å². The van der Waals surface area contributed by atoms with E-state index in [4.69, 9.17) is 4.74 Å². The van der Waals surface area contributed by atoms with Crippen LogP contribution in [0.15, 0.2) is 59.5 Å². The van der Waals surface area contributed by atoms with Crippen LogP contribution in [0, 0.1) is 0 Å². The van der Waals surface area contributed by atoms with E-state index in [0.717, 1.165) is 5.56 Å². The van der Waals surface area contributed by atoms with Gasteiger partial charge in [-0.05, 0) is 31.0 Å².